The molecule has 29 heavy (non-hydrogen) atoms. The fourth-order valence-corrected chi connectivity index (χ4v) is 4.15. The molecule has 0 unspecified atom stereocenters. The number of carbonyl (C=O) groups excluding carboxylic acids is 2. The fraction of sp³-hybridized carbons (Fsp3) is 0.190. The van der Waals surface area contributed by atoms with Crippen LogP contribution < -0.4 is 5.32 Å². The first kappa shape index (κ1) is 21.4. The van der Waals surface area contributed by atoms with Crippen molar-refractivity contribution >= 4 is 57.8 Å². The van der Waals surface area contributed by atoms with Crippen LogP contribution in [0.25, 0.3) is 6.08 Å². The Kier molecular flexibility index (Phi) is 7.30. The summed E-state index contributed by atoms with van der Waals surface area (Å²) in [6.07, 6.45) is 2.61. The monoisotopic (exact) mass is 446 g/mol. The topological polar surface area (TPSA) is 69.6 Å². The Hall–Kier alpha value is -2.35. The maximum atomic E-state index is 12.6. The molecule has 150 valence electrons. The molecule has 1 aliphatic rings. The fourth-order valence-electron chi connectivity index (χ4n) is 2.71. The number of carbonyl (C=O) groups is 2. The molecule has 2 N–H and O–H groups in total. The average Bonchev–Trinajstić information content (AvgIpc) is 2.96. The van der Waals surface area contributed by atoms with Crippen molar-refractivity contribution in [2.75, 3.05) is 13.1 Å². The van der Waals surface area contributed by atoms with Gasteiger partial charge in [0.05, 0.1) is 4.91 Å². The summed E-state index contributed by atoms with van der Waals surface area (Å²) in [5.41, 5.74) is 1.88. The molecule has 2 aromatic carbocycles. The van der Waals surface area contributed by atoms with Gasteiger partial charge in [0.25, 0.3) is 5.91 Å². The van der Waals surface area contributed by atoms with Crippen molar-refractivity contribution in [1.82, 2.24) is 10.2 Å². The zero-order chi connectivity index (χ0) is 20.8. The van der Waals surface area contributed by atoms with Crippen LogP contribution in [0.4, 0.5) is 0 Å². The Bertz CT molecular complexity index is 943. The SMILES string of the molecule is O=C(CCN1C(=O)/C(=C/c2ccc(Cl)cc2)SC1=S)NCCc1ccc(O)cc1. The van der Waals surface area contributed by atoms with Crippen molar-refractivity contribution in [2.24, 2.45) is 0 Å². The second kappa shape index (κ2) is 9.91. The minimum Gasteiger partial charge on any atom is -0.508 e. The highest BCUT2D eigenvalue weighted by molar-refractivity contribution is 8.26. The van der Waals surface area contributed by atoms with Crippen LogP contribution in [0.3, 0.4) is 0 Å². The largest absolute Gasteiger partial charge is 0.508 e. The summed E-state index contributed by atoms with van der Waals surface area (Å²) in [5, 5.41) is 12.7. The smallest absolute Gasteiger partial charge is 0.266 e. The first-order valence-corrected chi connectivity index (χ1v) is 10.6. The highest BCUT2D eigenvalue weighted by Crippen LogP contribution is 2.32. The van der Waals surface area contributed by atoms with Gasteiger partial charge in [0, 0.05) is 24.5 Å². The van der Waals surface area contributed by atoms with Crippen LogP contribution in [-0.4, -0.2) is 39.2 Å². The Morgan fingerprint density at radius 3 is 2.55 bits per heavy atom. The molecule has 0 aliphatic carbocycles. The molecule has 0 saturated carbocycles. The number of nitrogens with zero attached hydrogens (tertiary/aromatic N) is 1. The highest BCUT2D eigenvalue weighted by Gasteiger charge is 2.32. The van der Waals surface area contributed by atoms with E-state index in [4.69, 9.17) is 23.8 Å². The number of nitrogens with one attached hydrogen (secondary N) is 1. The highest BCUT2D eigenvalue weighted by atomic mass is 35.5. The molecule has 0 spiro atoms. The lowest BCUT2D eigenvalue weighted by Gasteiger charge is -2.14. The summed E-state index contributed by atoms with van der Waals surface area (Å²) < 4.78 is 0.451. The normalized spacial score (nSPS) is 15.2. The zero-order valence-corrected chi connectivity index (χ0v) is 17.8. The van der Waals surface area contributed by atoms with Crippen molar-refractivity contribution in [1.29, 1.82) is 0 Å². The molecule has 0 bridgehead atoms. The van der Waals surface area contributed by atoms with Crippen molar-refractivity contribution in [3.63, 3.8) is 0 Å². The molecular weight excluding hydrogens is 428 g/mol. The Morgan fingerprint density at radius 1 is 1.17 bits per heavy atom. The van der Waals surface area contributed by atoms with Crippen LogP contribution in [-0.2, 0) is 16.0 Å². The maximum absolute atomic E-state index is 12.6. The molecule has 2 amide bonds. The van der Waals surface area contributed by atoms with Crippen molar-refractivity contribution in [3.8, 4) is 5.75 Å². The molecule has 8 heteroatoms. The summed E-state index contributed by atoms with van der Waals surface area (Å²) in [7, 11) is 0. The summed E-state index contributed by atoms with van der Waals surface area (Å²) >= 11 is 12.4. The molecule has 5 nitrogen and oxygen atoms in total. The molecule has 1 aliphatic heterocycles. The van der Waals surface area contributed by atoms with Gasteiger partial charge in [-0.25, -0.2) is 0 Å². The summed E-state index contributed by atoms with van der Waals surface area (Å²) in [5.74, 6) is -0.113. The van der Waals surface area contributed by atoms with Crippen LogP contribution in [0.2, 0.25) is 5.02 Å². The number of thiocarbonyl (C=S) groups is 1. The van der Waals surface area contributed by atoms with Gasteiger partial charge in [-0.3, -0.25) is 14.5 Å². The second-order valence-electron chi connectivity index (χ2n) is 6.40. The third-order valence-corrected chi connectivity index (χ3v) is 5.91. The van der Waals surface area contributed by atoms with Crippen LogP contribution in [0.15, 0.2) is 53.4 Å². The summed E-state index contributed by atoms with van der Waals surface area (Å²) in [6, 6.07) is 14.0. The standard InChI is InChI=1S/C21H19ClN2O3S2/c22-16-5-1-15(2-6-16)13-18-20(27)24(21(28)29-18)12-10-19(26)23-11-9-14-3-7-17(25)8-4-14/h1-8,13,25H,9-12H2,(H,23,26)/b18-13-. The average molecular weight is 447 g/mol. The number of phenolic OH excluding ortho intramolecular Hbond substituents is 1. The van der Waals surface area contributed by atoms with Gasteiger partial charge in [0.1, 0.15) is 10.1 Å². The van der Waals surface area contributed by atoms with E-state index in [1.807, 2.05) is 24.3 Å². The van der Waals surface area contributed by atoms with E-state index in [1.165, 1.54) is 16.7 Å². The van der Waals surface area contributed by atoms with E-state index in [2.05, 4.69) is 5.32 Å². The van der Waals surface area contributed by atoms with Gasteiger partial charge in [-0.1, -0.05) is 59.8 Å². The third kappa shape index (κ3) is 6.06. The predicted octanol–water partition coefficient (Wildman–Crippen LogP) is 4.00. The Labute approximate surface area is 183 Å². The van der Waals surface area contributed by atoms with Crippen molar-refractivity contribution < 1.29 is 14.7 Å². The van der Waals surface area contributed by atoms with Crippen LogP contribution in [0, 0.1) is 0 Å². The molecule has 3 rings (SSSR count). The quantitative estimate of drug-likeness (QED) is 0.497. The molecule has 2 aromatic rings. The molecule has 1 fully saturated rings. The Morgan fingerprint density at radius 2 is 1.86 bits per heavy atom. The first-order valence-electron chi connectivity index (χ1n) is 8.98. The van der Waals surface area contributed by atoms with E-state index >= 15 is 0 Å². The first-order chi connectivity index (χ1) is 13.9. The van der Waals surface area contributed by atoms with Gasteiger partial charge < -0.3 is 10.4 Å². The second-order valence-corrected chi connectivity index (χ2v) is 8.51. The summed E-state index contributed by atoms with van der Waals surface area (Å²) in [4.78, 5) is 26.7. The number of benzene rings is 2. The number of hydrogen-bond donors (Lipinski definition) is 2. The number of halogens is 1. The third-order valence-electron chi connectivity index (χ3n) is 4.28. The van der Waals surface area contributed by atoms with Crippen molar-refractivity contribution in [3.05, 3.63) is 69.6 Å². The van der Waals surface area contributed by atoms with Crippen LogP contribution in [0.1, 0.15) is 17.5 Å². The van der Waals surface area contributed by atoms with Gasteiger partial charge in [-0.2, -0.15) is 0 Å². The lowest BCUT2D eigenvalue weighted by Crippen LogP contribution is -2.34. The molecular formula is C21H19ClN2O3S2. The van der Waals surface area contributed by atoms with Gasteiger partial charge in [0.15, 0.2) is 0 Å². The minimum atomic E-state index is -0.188. The van der Waals surface area contributed by atoms with E-state index in [9.17, 15) is 14.7 Å². The van der Waals surface area contributed by atoms with E-state index in [0.717, 1.165) is 11.1 Å². The van der Waals surface area contributed by atoms with E-state index in [-0.39, 0.29) is 30.5 Å². The van der Waals surface area contributed by atoms with Crippen LogP contribution >= 0.6 is 35.6 Å². The molecule has 0 atom stereocenters. The molecule has 0 aromatic heterocycles. The van der Waals surface area contributed by atoms with Gasteiger partial charge in [-0.05, 0) is 47.9 Å². The molecule has 1 heterocycles. The van der Waals surface area contributed by atoms with Crippen LogP contribution in [0.5, 0.6) is 5.75 Å². The Balaban J connectivity index is 1.47. The number of hydrogen-bond acceptors (Lipinski definition) is 5. The van der Waals surface area contributed by atoms with E-state index < -0.39 is 0 Å². The van der Waals surface area contributed by atoms with E-state index in [1.54, 1.807) is 30.3 Å². The molecule has 1 saturated heterocycles. The molecule has 0 radical (unpaired) electrons. The van der Waals surface area contributed by atoms with Gasteiger partial charge in [-0.15, -0.1) is 0 Å². The summed E-state index contributed by atoms with van der Waals surface area (Å²) in [6.45, 7) is 0.728. The maximum Gasteiger partial charge on any atom is 0.266 e. The number of thioether (sulfide) groups is 1. The van der Waals surface area contributed by atoms with E-state index in [0.29, 0.717) is 27.2 Å². The van der Waals surface area contributed by atoms with Gasteiger partial charge >= 0.3 is 0 Å². The zero-order valence-electron chi connectivity index (χ0n) is 15.4. The van der Waals surface area contributed by atoms with Gasteiger partial charge in [0.2, 0.25) is 5.91 Å². The number of rotatable bonds is 7. The minimum absolute atomic E-state index is 0.139. The number of phenols is 1. The lowest BCUT2D eigenvalue weighted by molar-refractivity contribution is -0.123. The predicted molar refractivity (Wildman–Crippen MR) is 121 cm³/mol. The lowest BCUT2D eigenvalue weighted by atomic mass is 10.1. The van der Waals surface area contributed by atoms with Crippen molar-refractivity contribution in [2.45, 2.75) is 12.8 Å². The number of aromatic hydroxyl groups is 1. The number of amides is 2.